The van der Waals surface area contributed by atoms with E-state index in [4.69, 9.17) is 32.7 Å². The summed E-state index contributed by atoms with van der Waals surface area (Å²) in [4.78, 5) is 11.8. The van der Waals surface area contributed by atoms with Crippen molar-refractivity contribution < 1.29 is 19.4 Å². The number of benzene rings is 1. The van der Waals surface area contributed by atoms with Crippen LogP contribution in [0.1, 0.15) is 26.7 Å². The van der Waals surface area contributed by atoms with Gasteiger partial charge in [-0.05, 0) is 38.8 Å². The first kappa shape index (κ1) is 20.1. The van der Waals surface area contributed by atoms with Gasteiger partial charge in [0.1, 0.15) is 23.5 Å². The van der Waals surface area contributed by atoms with Crippen LogP contribution in [0, 0.1) is 0 Å². The van der Waals surface area contributed by atoms with Crippen molar-refractivity contribution >= 4 is 29.2 Å². The van der Waals surface area contributed by atoms with E-state index in [1.165, 1.54) is 0 Å². The maximum absolute atomic E-state index is 11.8. The summed E-state index contributed by atoms with van der Waals surface area (Å²) in [5.74, 6) is 0.392. The summed E-state index contributed by atoms with van der Waals surface area (Å²) in [6, 6.07) is 4.82. The molecule has 0 heterocycles. The van der Waals surface area contributed by atoms with E-state index >= 15 is 0 Å². The van der Waals surface area contributed by atoms with Gasteiger partial charge >= 0.3 is 6.03 Å². The quantitative estimate of drug-likeness (QED) is 0.637. The predicted molar refractivity (Wildman–Crippen MR) is 97.5 cm³/mol. The molecule has 25 heavy (non-hydrogen) atoms. The lowest BCUT2D eigenvalue weighted by Gasteiger charge is -2.36. The molecule has 3 N–H and O–H groups in total. The number of carbonyl (C=O) groups is 1. The van der Waals surface area contributed by atoms with Gasteiger partial charge in [-0.1, -0.05) is 29.3 Å². The second kappa shape index (κ2) is 9.48. The maximum atomic E-state index is 11.8. The molecule has 140 valence electrons. The van der Waals surface area contributed by atoms with E-state index in [9.17, 15) is 9.90 Å². The number of hydrogen-bond donors (Lipinski definition) is 3. The van der Waals surface area contributed by atoms with E-state index in [0.29, 0.717) is 15.8 Å². The molecule has 0 aromatic heterocycles. The van der Waals surface area contributed by atoms with Crippen LogP contribution >= 0.6 is 23.2 Å². The van der Waals surface area contributed by atoms with Crippen molar-refractivity contribution in [2.75, 3.05) is 13.2 Å². The van der Waals surface area contributed by atoms with Gasteiger partial charge in [-0.15, -0.1) is 0 Å². The minimum atomic E-state index is -0.862. The molecule has 0 saturated heterocycles. The molecule has 0 aliphatic heterocycles. The van der Waals surface area contributed by atoms with Gasteiger partial charge in [0, 0.05) is 12.6 Å². The summed E-state index contributed by atoms with van der Waals surface area (Å²) in [6.07, 6.45) is 1.17. The topological polar surface area (TPSA) is 79.8 Å². The summed E-state index contributed by atoms with van der Waals surface area (Å²) in [6.45, 7) is 4.05. The first-order chi connectivity index (χ1) is 11.8. The molecular formula is C17H24Cl2N2O4. The molecule has 2 amide bonds. The van der Waals surface area contributed by atoms with Crippen LogP contribution < -0.4 is 15.4 Å². The van der Waals surface area contributed by atoms with Crippen molar-refractivity contribution in [3.05, 3.63) is 28.2 Å². The Kier molecular flexibility index (Phi) is 7.62. The van der Waals surface area contributed by atoms with Gasteiger partial charge in [0.15, 0.2) is 0 Å². The molecule has 8 heteroatoms. The van der Waals surface area contributed by atoms with Crippen molar-refractivity contribution in [3.63, 3.8) is 0 Å². The summed E-state index contributed by atoms with van der Waals surface area (Å²) in [5.41, 5.74) is 0. The van der Waals surface area contributed by atoms with Gasteiger partial charge in [-0.3, -0.25) is 0 Å². The van der Waals surface area contributed by atoms with Crippen molar-refractivity contribution in [2.45, 2.75) is 51.0 Å². The number of nitrogens with one attached hydrogen (secondary N) is 2. The molecule has 1 atom stereocenters. The molecular weight excluding hydrogens is 367 g/mol. The zero-order chi connectivity index (χ0) is 18.4. The Balaban J connectivity index is 1.61. The highest BCUT2D eigenvalue weighted by atomic mass is 35.5. The zero-order valence-electron chi connectivity index (χ0n) is 14.3. The van der Waals surface area contributed by atoms with Gasteiger partial charge in [-0.25, -0.2) is 4.79 Å². The van der Waals surface area contributed by atoms with Crippen molar-refractivity contribution in [3.8, 4) is 5.75 Å². The molecule has 1 unspecified atom stereocenters. The fourth-order valence-corrected chi connectivity index (χ4v) is 2.81. The third-order valence-corrected chi connectivity index (χ3v) is 4.54. The van der Waals surface area contributed by atoms with Gasteiger partial charge in [0.05, 0.1) is 17.2 Å². The third-order valence-electron chi connectivity index (χ3n) is 3.74. The van der Waals surface area contributed by atoms with Crippen LogP contribution in [-0.4, -0.2) is 48.6 Å². The van der Waals surface area contributed by atoms with Crippen LogP contribution in [0.2, 0.25) is 10.0 Å². The first-order valence-corrected chi connectivity index (χ1v) is 9.05. The molecule has 1 aliphatic rings. The Morgan fingerprint density at radius 1 is 1.36 bits per heavy atom. The fraction of sp³-hybridized carbons (Fsp3) is 0.588. The van der Waals surface area contributed by atoms with E-state index in [1.807, 2.05) is 13.8 Å². The summed E-state index contributed by atoms with van der Waals surface area (Å²) in [7, 11) is 0. The van der Waals surface area contributed by atoms with Crippen molar-refractivity contribution in [1.29, 1.82) is 0 Å². The second-order valence-corrected chi connectivity index (χ2v) is 7.13. The van der Waals surface area contributed by atoms with Gasteiger partial charge in [0.2, 0.25) is 0 Å². The Morgan fingerprint density at radius 2 is 2.08 bits per heavy atom. The highest BCUT2D eigenvalue weighted by Crippen LogP contribution is 2.31. The molecule has 1 saturated carbocycles. The highest BCUT2D eigenvalue weighted by Gasteiger charge is 2.31. The number of ether oxygens (including phenoxy) is 2. The highest BCUT2D eigenvalue weighted by molar-refractivity contribution is 6.42. The molecule has 0 bridgehead atoms. The molecule has 1 aromatic carbocycles. The van der Waals surface area contributed by atoms with Crippen molar-refractivity contribution in [2.24, 2.45) is 0 Å². The number of halogens is 2. The molecule has 0 radical (unpaired) electrons. The molecule has 6 nitrogen and oxygen atoms in total. The molecule has 1 aromatic rings. The second-order valence-electron chi connectivity index (χ2n) is 6.35. The van der Waals surface area contributed by atoms with E-state index in [2.05, 4.69) is 10.6 Å². The van der Waals surface area contributed by atoms with E-state index in [0.717, 1.165) is 12.8 Å². The predicted octanol–water partition coefficient (Wildman–Crippen LogP) is 2.99. The van der Waals surface area contributed by atoms with Crippen LogP contribution in [0.4, 0.5) is 4.79 Å². The largest absolute Gasteiger partial charge is 0.489 e. The smallest absolute Gasteiger partial charge is 0.315 e. The van der Waals surface area contributed by atoms with Crippen LogP contribution in [0.25, 0.3) is 0 Å². The van der Waals surface area contributed by atoms with Gasteiger partial charge in [0.25, 0.3) is 0 Å². The molecule has 2 rings (SSSR count). The number of hydrogen-bond acceptors (Lipinski definition) is 4. The zero-order valence-corrected chi connectivity index (χ0v) is 15.8. The van der Waals surface area contributed by atoms with Crippen LogP contribution in [-0.2, 0) is 4.74 Å². The summed E-state index contributed by atoms with van der Waals surface area (Å²) in [5, 5.41) is 16.0. The minimum Gasteiger partial charge on any atom is -0.489 e. The van der Waals surface area contributed by atoms with Gasteiger partial charge in [-0.2, -0.15) is 0 Å². The molecule has 1 aliphatic carbocycles. The average molecular weight is 391 g/mol. The lowest BCUT2D eigenvalue weighted by atomic mass is 9.89. The summed E-state index contributed by atoms with van der Waals surface area (Å²) >= 11 is 11.9. The van der Waals surface area contributed by atoms with Gasteiger partial charge < -0.3 is 25.2 Å². The van der Waals surface area contributed by atoms with Crippen LogP contribution in [0.3, 0.4) is 0 Å². The number of carbonyl (C=O) groups excluding carboxylic acids is 1. The maximum Gasteiger partial charge on any atom is 0.315 e. The summed E-state index contributed by atoms with van der Waals surface area (Å²) < 4.78 is 11.1. The van der Waals surface area contributed by atoms with Crippen molar-refractivity contribution in [1.82, 2.24) is 10.6 Å². The Bertz CT molecular complexity index is 580. The first-order valence-electron chi connectivity index (χ1n) is 8.29. The average Bonchev–Trinajstić information content (AvgIpc) is 2.52. The lowest BCUT2D eigenvalue weighted by molar-refractivity contribution is -0.0476. The van der Waals surface area contributed by atoms with E-state index in [1.54, 1.807) is 18.2 Å². The lowest BCUT2D eigenvalue weighted by Crippen LogP contribution is -2.52. The fourth-order valence-electron chi connectivity index (χ4n) is 2.47. The standard InChI is InChI=1S/C17H24Cl2N2O4/c1-10(2)25-13-6-11(7-13)21-17(23)20-8-12(22)9-24-15-5-3-4-14(18)16(15)19/h3-5,10-13,22H,6-9H2,1-2H3,(H2,20,21,23). The Labute approximate surface area is 157 Å². The van der Waals surface area contributed by atoms with Crippen LogP contribution in [0.5, 0.6) is 5.75 Å². The van der Waals surface area contributed by atoms with E-state index < -0.39 is 6.10 Å². The Hall–Kier alpha value is -1.21. The van der Waals surface area contributed by atoms with Crippen LogP contribution in [0.15, 0.2) is 18.2 Å². The number of aliphatic hydroxyl groups excluding tert-OH is 1. The molecule has 0 spiro atoms. The monoisotopic (exact) mass is 390 g/mol. The normalized spacial score (nSPS) is 20.7. The third kappa shape index (κ3) is 6.55. The minimum absolute atomic E-state index is 0.00588. The number of aliphatic hydroxyl groups is 1. The molecule has 1 fully saturated rings. The SMILES string of the molecule is CC(C)OC1CC(NC(=O)NCC(O)COc2cccc(Cl)c2Cl)C1. The number of rotatable bonds is 8. The number of amides is 2. The van der Waals surface area contributed by atoms with E-state index in [-0.39, 0.29) is 37.4 Å². The Morgan fingerprint density at radius 3 is 2.76 bits per heavy atom. The number of urea groups is 1.